The van der Waals surface area contributed by atoms with Gasteiger partial charge in [0.15, 0.2) is 0 Å². The molecular weight excluding hydrogens is 300 g/mol. The summed E-state index contributed by atoms with van der Waals surface area (Å²) in [4.78, 5) is 16.2. The van der Waals surface area contributed by atoms with Crippen LogP contribution in [0, 0.1) is 24.0 Å². The molecule has 1 aromatic heterocycles. The normalized spacial score (nSPS) is 10.7. The minimum absolute atomic E-state index is 0.0300. The minimum atomic E-state index is -0.903. The molecule has 0 spiro atoms. The van der Waals surface area contributed by atoms with Crippen molar-refractivity contribution in [3.05, 3.63) is 53.7 Å². The highest BCUT2D eigenvalue weighted by atomic mass is 19.1. The molecule has 0 radical (unpaired) electrons. The minimum Gasteiger partial charge on any atom is -0.339 e. The van der Waals surface area contributed by atoms with Gasteiger partial charge in [-0.25, -0.2) is 13.8 Å². The molecule has 23 heavy (non-hydrogen) atoms. The molecule has 2 N–H and O–H groups in total. The van der Waals surface area contributed by atoms with Gasteiger partial charge in [0.25, 0.3) is 5.91 Å². The van der Waals surface area contributed by atoms with E-state index < -0.39 is 23.1 Å². The molecule has 0 fully saturated rings. The summed E-state index contributed by atoms with van der Waals surface area (Å²) in [6.07, 6.45) is 6.29. The van der Waals surface area contributed by atoms with Crippen LogP contribution in [0.2, 0.25) is 0 Å². The number of pyridine rings is 1. The summed E-state index contributed by atoms with van der Waals surface area (Å²) in [6.45, 7) is 3.27. The summed E-state index contributed by atoms with van der Waals surface area (Å²) >= 11 is 0. The number of benzene rings is 1. The molecule has 6 heteroatoms. The zero-order valence-electron chi connectivity index (χ0n) is 12.7. The van der Waals surface area contributed by atoms with Crippen LogP contribution < -0.4 is 10.6 Å². The van der Waals surface area contributed by atoms with E-state index in [9.17, 15) is 13.6 Å². The molecule has 0 atom stereocenters. The molecule has 0 aliphatic rings. The molecule has 4 nitrogen and oxygen atoms in total. The Labute approximate surface area is 132 Å². The van der Waals surface area contributed by atoms with Gasteiger partial charge < -0.3 is 10.6 Å². The summed E-state index contributed by atoms with van der Waals surface area (Å²) in [5.74, 6) is 0.816. The first-order valence-corrected chi connectivity index (χ1v) is 6.79. The van der Waals surface area contributed by atoms with Crippen molar-refractivity contribution >= 4 is 17.4 Å². The number of hydrogen-bond acceptors (Lipinski definition) is 3. The fourth-order valence-electron chi connectivity index (χ4n) is 1.80. The summed E-state index contributed by atoms with van der Waals surface area (Å²) in [6, 6.07) is 6.66. The van der Waals surface area contributed by atoms with Crippen LogP contribution in [-0.2, 0) is 0 Å². The fraction of sp³-hybridized carbons (Fsp3) is 0.176. The van der Waals surface area contributed by atoms with E-state index in [4.69, 9.17) is 6.42 Å². The number of carbonyl (C=O) groups is 1. The second-order valence-corrected chi connectivity index (χ2v) is 5.41. The van der Waals surface area contributed by atoms with Crippen molar-refractivity contribution in [1.29, 1.82) is 0 Å². The average molecular weight is 315 g/mol. The van der Waals surface area contributed by atoms with E-state index in [2.05, 4.69) is 21.5 Å². The Kier molecular flexibility index (Phi) is 4.60. The average Bonchev–Trinajstić information content (AvgIpc) is 2.48. The maximum absolute atomic E-state index is 13.5. The van der Waals surface area contributed by atoms with Crippen LogP contribution >= 0.6 is 0 Å². The van der Waals surface area contributed by atoms with E-state index in [1.54, 1.807) is 19.9 Å². The predicted octanol–water partition coefficient (Wildman–Crippen LogP) is 3.25. The molecule has 0 aliphatic heterocycles. The van der Waals surface area contributed by atoms with Gasteiger partial charge in [0.2, 0.25) is 0 Å². The standard InChI is InChI=1S/C17H15F2N3O/c1-4-17(2,3)22-16(23)14-9-12(19)10-20-15(14)21-13-7-5-6-11(18)8-13/h1,5-10H,2-3H3,(H,20,21)(H,22,23). The van der Waals surface area contributed by atoms with Crippen LogP contribution in [0.5, 0.6) is 0 Å². The number of terminal acetylenes is 1. The Morgan fingerprint density at radius 1 is 1.26 bits per heavy atom. The van der Waals surface area contributed by atoms with Crippen molar-refractivity contribution in [3.63, 3.8) is 0 Å². The van der Waals surface area contributed by atoms with E-state index in [-0.39, 0.29) is 11.4 Å². The van der Waals surface area contributed by atoms with Crippen molar-refractivity contribution in [2.45, 2.75) is 19.4 Å². The Balaban J connectivity index is 2.34. The number of halogens is 2. The van der Waals surface area contributed by atoms with Crippen molar-refractivity contribution in [2.24, 2.45) is 0 Å². The van der Waals surface area contributed by atoms with Crippen molar-refractivity contribution < 1.29 is 13.6 Å². The zero-order chi connectivity index (χ0) is 17.0. The van der Waals surface area contributed by atoms with Crippen LogP contribution in [-0.4, -0.2) is 16.4 Å². The van der Waals surface area contributed by atoms with Gasteiger partial charge in [-0.05, 0) is 38.1 Å². The summed E-state index contributed by atoms with van der Waals surface area (Å²) in [5.41, 5.74) is -0.550. The maximum Gasteiger partial charge on any atom is 0.256 e. The number of nitrogens with one attached hydrogen (secondary N) is 2. The number of rotatable bonds is 4. The number of amides is 1. The van der Waals surface area contributed by atoms with Gasteiger partial charge in [0.05, 0.1) is 17.3 Å². The van der Waals surface area contributed by atoms with Gasteiger partial charge >= 0.3 is 0 Å². The van der Waals surface area contributed by atoms with E-state index in [1.807, 2.05) is 0 Å². The topological polar surface area (TPSA) is 54.0 Å². The third-order valence-corrected chi connectivity index (χ3v) is 2.97. The first-order valence-electron chi connectivity index (χ1n) is 6.79. The van der Waals surface area contributed by atoms with Gasteiger partial charge in [0, 0.05) is 5.69 Å². The lowest BCUT2D eigenvalue weighted by Gasteiger charge is -2.20. The maximum atomic E-state index is 13.5. The van der Waals surface area contributed by atoms with E-state index in [1.165, 1.54) is 18.2 Å². The lowest BCUT2D eigenvalue weighted by molar-refractivity contribution is 0.0930. The van der Waals surface area contributed by atoms with Crippen molar-refractivity contribution in [3.8, 4) is 12.3 Å². The van der Waals surface area contributed by atoms with Crippen LogP contribution in [0.3, 0.4) is 0 Å². The first-order chi connectivity index (χ1) is 10.8. The van der Waals surface area contributed by atoms with Gasteiger partial charge in [0.1, 0.15) is 17.5 Å². The summed E-state index contributed by atoms with van der Waals surface area (Å²) in [7, 11) is 0. The Hall–Kier alpha value is -2.94. The molecule has 118 valence electrons. The highest BCUT2D eigenvalue weighted by Gasteiger charge is 2.21. The summed E-state index contributed by atoms with van der Waals surface area (Å²) in [5, 5.41) is 5.39. The van der Waals surface area contributed by atoms with Crippen molar-refractivity contribution in [1.82, 2.24) is 10.3 Å². The van der Waals surface area contributed by atoms with Gasteiger partial charge in [-0.3, -0.25) is 4.79 Å². The van der Waals surface area contributed by atoms with E-state index in [0.29, 0.717) is 5.69 Å². The molecule has 0 saturated heterocycles. The van der Waals surface area contributed by atoms with Gasteiger partial charge in [-0.15, -0.1) is 6.42 Å². The van der Waals surface area contributed by atoms with Crippen LogP contribution in [0.15, 0.2) is 36.5 Å². The number of hydrogen-bond donors (Lipinski definition) is 2. The van der Waals surface area contributed by atoms with Crippen molar-refractivity contribution in [2.75, 3.05) is 5.32 Å². The quantitative estimate of drug-likeness (QED) is 0.852. The van der Waals surface area contributed by atoms with Crippen LogP contribution in [0.25, 0.3) is 0 Å². The predicted molar refractivity (Wildman–Crippen MR) is 84.3 cm³/mol. The van der Waals surface area contributed by atoms with Gasteiger partial charge in [-0.1, -0.05) is 12.0 Å². The smallest absolute Gasteiger partial charge is 0.256 e. The molecule has 2 aromatic rings. The highest BCUT2D eigenvalue weighted by Crippen LogP contribution is 2.20. The van der Waals surface area contributed by atoms with E-state index >= 15 is 0 Å². The third kappa shape index (κ3) is 4.27. The molecular formula is C17H15F2N3O. The Morgan fingerprint density at radius 3 is 2.65 bits per heavy atom. The van der Waals surface area contributed by atoms with Crippen LogP contribution in [0.4, 0.5) is 20.3 Å². The lowest BCUT2D eigenvalue weighted by Crippen LogP contribution is -2.42. The van der Waals surface area contributed by atoms with E-state index in [0.717, 1.165) is 12.3 Å². The molecule has 0 bridgehead atoms. The molecule has 1 heterocycles. The molecule has 1 aromatic carbocycles. The molecule has 0 saturated carbocycles. The SMILES string of the molecule is C#CC(C)(C)NC(=O)c1cc(F)cnc1Nc1cccc(F)c1. The number of anilines is 2. The lowest BCUT2D eigenvalue weighted by atomic mass is 10.1. The second kappa shape index (κ2) is 6.44. The van der Waals surface area contributed by atoms with Gasteiger partial charge in [-0.2, -0.15) is 0 Å². The number of nitrogens with zero attached hydrogens (tertiary/aromatic N) is 1. The monoisotopic (exact) mass is 315 g/mol. The fourth-order valence-corrected chi connectivity index (χ4v) is 1.80. The number of aromatic nitrogens is 1. The third-order valence-electron chi connectivity index (χ3n) is 2.97. The Morgan fingerprint density at radius 2 is 2.00 bits per heavy atom. The second-order valence-electron chi connectivity index (χ2n) is 5.41. The van der Waals surface area contributed by atoms with Crippen LogP contribution in [0.1, 0.15) is 24.2 Å². The first kappa shape index (κ1) is 16.4. The summed E-state index contributed by atoms with van der Waals surface area (Å²) < 4.78 is 26.7. The highest BCUT2D eigenvalue weighted by molar-refractivity contribution is 6.00. The Bertz CT molecular complexity index is 782. The largest absolute Gasteiger partial charge is 0.339 e. The molecule has 0 unspecified atom stereocenters. The molecule has 2 rings (SSSR count). The zero-order valence-corrected chi connectivity index (χ0v) is 12.7. The molecule has 1 amide bonds. The molecule has 0 aliphatic carbocycles. The number of carbonyl (C=O) groups excluding carboxylic acids is 1.